The molecule has 122 valence electrons. The minimum absolute atomic E-state index is 0. The normalized spacial score (nSPS) is 12.4. The number of halogens is 1. The first-order valence-electron chi connectivity index (χ1n) is 7.22. The van der Waals surface area contributed by atoms with E-state index in [0.29, 0.717) is 18.0 Å². The van der Waals surface area contributed by atoms with Gasteiger partial charge >= 0.3 is 0 Å². The van der Waals surface area contributed by atoms with Crippen LogP contribution in [0.4, 0.5) is 0 Å². The second-order valence-electron chi connectivity index (χ2n) is 5.59. The van der Waals surface area contributed by atoms with E-state index in [4.69, 9.17) is 0 Å². The first-order valence-corrected chi connectivity index (χ1v) is 7.22. The first kappa shape index (κ1) is 18.5. The Kier molecular flexibility index (Phi) is 6.87. The summed E-state index contributed by atoms with van der Waals surface area (Å²) < 4.78 is 0. The molecule has 0 spiro atoms. The maximum absolute atomic E-state index is 11.4. The molecule has 0 saturated heterocycles. The van der Waals surface area contributed by atoms with Crippen molar-refractivity contribution >= 4 is 23.3 Å². The highest BCUT2D eigenvalue weighted by Gasteiger charge is 2.13. The Balaban J connectivity index is 0.00000242. The fourth-order valence-corrected chi connectivity index (χ4v) is 2.61. The Bertz CT molecular complexity index is 670. The van der Waals surface area contributed by atoms with Crippen molar-refractivity contribution in [3.05, 3.63) is 40.2 Å². The topological polar surface area (TPSA) is 85.3 Å². The minimum atomic E-state index is -0.234. The van der Waals surface area contributed by atoms with Gasteiger partial charge in [0.1, 0.15) is 5.75 Å². The maximum atomic E-state index is 11.4. The molecule has 0 amide bonds. The number of rotatable bonds is 6. The molecule has 1 heterocycles. The van der Waals surface area contributed by atoms with Crippen LogP contribution >= 0.6 is 12.4 Å². The van der Waals surface area contributed by atoms with Crippen molar-refractivity contribution in [1.29, 1.82) is 0 Å². The number of nitrogens with one attached hydrogen (secondary N) is 2. The van der Waals surface area contributed by atoms with Gasteiger partial charge in [0, 0.05) is 30.1 Å². The summed E-state index contributed by atoms with van der Waals surface area (Å²) in [5.74, 6) is 0.0713. The number of H-pyrrole nitrogens is 1. The number of aliphatic hydroxyl groups is 1. The Morgan fingerprint density at radius 3 is 2.59 bits per heavy atom. The molecule has 2 aromatic rings. The lowest BCUT2D eigenvalue weighted by Crippen LogP contribution is -2.37. The quantitative estimate of drug-likeness (QED) is 0.653. The number of aromatic amines is 1. The van der Waals surface area contributed by atoms with E-state index in [0.717, 1.165) is 17.4 Å². The summed E-state index contributed by atoms with van der Waals surface area (Å²) in [6, 6.07) is 7.12. The Hall–Kier alpha value is -1.56. The summed E-state index contributed by atoms with van der Waals surface area (Å²) >= 11 is 0. The van der Waals surface area contributed by atoms with Gasteiger partial charge in [-0.1, -0.05) is 19.9 Å². The molecule has 4 N–H and O–H groups in total. The predicted molar refractivity (Wildman–Crippen MR) is 90.9 cm³/mol. The van der Waals surface area contributed by atoms with Crippen molar-refractivity contribution in [2.45, 2.75) is 38.8 Å². The zero-order valence-corrected chi connectivity index (χ0v) is 13.6. The molecule has 0 aliphatic rings. The third kappa shape index (κ3) is 4.47. The van der Waals surface area contributed by atoms with Crippen molar-refractivity contribution in [2.75, 3.05) is 6.61 Å². The summed E-state index contributed by atoms with van der Waals surface area (Å²) in [6.45, 7) is 4.25. The van der Waals surface area contributed by atoms with E-state index < -0.39 is 0 Å². The number of benzene rings is 1. The summed E-state index contributed by atoms with van der Waals surface area (Å²) in [5, 5.41) is 23.3. The van der Waals surface area contributed by atoms with Crippen LogP contribution in [0, 0.1) is 0 Å². The van der Waals surface area contributed by atoms with Crippen LogP contribution in [-0.2, 0) is 6.42 Å². The van der Waals surface area contributed by atoms with Crippen molar-refractivity contribution < 1.29 is 10.2 Å². The van der Waals surface area contributed by atoms with Gasteiger partial charge in [-0.15, -0.1) is 12.4 Å². The highest BCUT2D eigenvalue weighted by Crippen LogP contribution is 2.25. The van der Waals surface area contributed by atoms with Crippen LogP contribution in [0.2, 0.25) is 0 Å². The van der Waals surface area contributed by atoms with E-state index in [9.17, 15) is 15.0 Å². The number of phenols is 1. The lowest BCUT2D eigenvalue weighted by molar-refractivity contribution is 0.260. The lowest BCUT2D eigenvalue weighted by Gasteiger charge is -2.21. The molecule has 0 saturated carbocycles. The molecule has 6 heteroatoms. The van der Waals surface area contributed by atoms with E-state index in [1.807, 2.05) is 6.07 Å². The van der Waals surface area contributed by atoms with E-state index in [-0.39, 0.29) is 36.4 Å². The molecule has 0 radical (unpaired) electrons. The third-order valence-corrected chi connectivity index (χ3v) is 3.48. The fourth-order valence-electron chi connectivity index (χ4n) is 2.61. The van der Waals surface area contributed by atoms with Crippen LogP contribution < -0.4 is 10.9 Å². The second-order valence-corrected chi connectivity index (χ2v) is 5.59. The van der Waals surface area contributed by atoms with E-state index in [1.165, 1.54) is 6.07 Å². The molecule has 1 unspecified atom stereocenters. The number of fused-ring (bicyclic) bond motifs is 1. The number of phenolic OH excluding ortho intramolecular Hbond substituents is 1. The smallest absolute Gasteiger partial charge is 0.248 e. The summed E-state index contributed by atoms with van der Waals surface area (Å²) in [6.07, 6.45) is 1.38. The maximum Gasteiger partial charge on any atom is 0.248 e. The molecule has 0 aliphatic carbocycles. The van der Waals surface area contributed by atoms with E-state index in [2.05, 4.69) is 24.1 Å². The number of aliphatic hydroxyl groups excluding tert-OH is 1. The molecule has 0 aliphatic heterocycles. The first-order chi connectivity index (χ1) is 10.0. The van der Waals surface area contributed by atoms with Crippen molar-refractivity contribution in [3.63, 3.8) is 0 Å². The van der Waals surface area contributed by atoms with Gasteiger partial charge in [-0.25, -0.2) is 0 Å². The molecule has 22 heavy (non-hydrogen) atoms. The molecule has 1 aromatic carbocycles. The second kappa shape index (κ2) is 8.17. The standard InChI is InChI=1S/C16H22N2O3.ClH/c1-10(2)17-12(7-8-19)9-11-3-5-14(20)16-13(11)4-6-15(21)18-16;/h3-6,10,12,17,19-20H,7-9H2,1-2H3,(H,18,21);1H. The summed E-state index contributed by atoms with van der Waals surface area (Å²) in [5.41, 5.74) is 1.26. The van der Waals surface area contributed by atoms with E-state index >= 15 is 0 Å². The monoisotopic (exact) mass is 326 g/mol. The Labute approximate surface area is 135 Å². The molecule has 1 aromatic heterocycles. The Morgan fingerprint density at radius 2 is 1.95 bits per heavy atom. The van der Waals surface area contributed by atoms with Crippen LogP contribution in [0.25, 0.3) is 10.9 Å². The minimum Gasteiger partial charge on any atom is -0.506 e. The zero-order chi connectivity index (χ0) is 15.4. The van der Waals surface area contributed by atoms with Gasteiger partial charge in [-0.3, -0.25) is 4.79 Å². The Morgan fingerprint density at radius 1 is 1.23 bits per heavy atom. The molecule has 1 atom stereocenters. The predicted octanol–water partition coefficient (Wildman–Crippen LogP) is 1.95. The molecular weight excluding hydrogens is 304 g/mol. The largest absolute Gasteiger partial charge is 0.506 e. The summed E-state index contributed by atoms with van der Waals surface area (Å²) in [7, 11) is 0. The van der Waals surface area contributed by atoms with Crippen molar-refractivity contribution in [1.82, 2.24) is 10.3 Å². The van der Waals surface area contributed by atoms with Gasteiger partial charge in [0.2, 0.25) is 5.56 Å². The van der Waals surface area contributed by atoms with Crippen molar-refractivity contribution in [2.24, 2.45) is 0 Å². The number of hydrogen-bond acceptors (Lipinski definition) is 4. The zero-order valence-electron chi connectivity index (χ0n) is 12.8. The van der Waals surface area contributed by atoms with Crippen LogP contribution in [0.5, 0.6) is 5.75 Å². The van der Waals surface area contributed by atoms with Gasteiger partial charge < -0.3 is 20.5 Å². The van der Waals surface area contributed by atoms with Gasteiger partial charge in [0.25, 0.3) is 0 Å². The highest BCUT2D eigenvalue weighted by atomic mass is 35.5. The molecular formula is C16H23ClN2O3. The molecule has 0 fully saturated rings. The summed E-state index contributed by atoms with van der Waals surface area (Å²) in [4.78, 5) is 14.1. The number of aromatic hydroxyl groups is 1. The third-order valence-electron chi connectivity index (χ3n) is 3.48. The van der Waals surface area contributed by atoms with Crippen LogP contribution in [-0.4, -0.2) is 33.9 Å². The number of hydrogen-bond donors (Lipinski definition) is 4. The SMILES string of the molecule is CC(C)NC(CCO)Cc1ccc(O)c2[nH]c(=O)ccc12.Cl. The average molecular weight is 327 g/mol. The van der Waals surface area contributed by atoms with Gasteiger partial charge in [-0.2, -0.15) is 0 Å². The van der Waals surface area contributed by atoms with E-state index in [1.54, 1.807) is 12.1 Å². The highest BCUT2D eigenvalue weighted by molar-refractivity contribution is 5.87. The van der Waals surface area contributed by atoms with Crippen LogP contribution in [0.15, 0.2) is 29.1 Å². The molecule has 0 bridgehead atoms. The average Bonchev–Trinajstić information content (AvgIpc) is 2.42. The van der Waals surface area contributed by atoms with Crippen molar-refractivity contribution in [3.8, 4) is 5.75 Å². The molecule has 5 nitrogen and oxygen atoms in total. The van der Waals surface area contributed by atoms with Gasteiger partial charge in [-0.05, 0) is 30.5 Å². The lowest BCUT2D eigenvalue weighted by atomic mass is 9.98. The number of aromatic nitrogens is 1. The van der Waals surface area contributed by atoms with Gasteiger partial charge in [0.05, 0.1) is 5.52 Å². The van der Waals surface area contributed by atoms with Gasteiger partial charge in [0.15, 0.2) is 0 Å². The number of pyridine rings is 1. The molecule has 2 rings (SSSR count). The fraction of sp³-hybridized carbons (Fsp3) is 0.438. The van der Waals surface area contributed by atoms with Crippen LogP contribution in [0.3, 0.4) is 0 Å². The van der Waals surface area contributed by atoms with Crippen LogP contribution in [0.1, 0.15) is 25.8 Å².